The summed E-state index contributed by atoms with van der Waals surface area (Å²) in [4.78, 5) is 16.5. The maximum absolute atomic E-state index is 12.4. The third kappa shape index (κ3) is 5.09. The molecule has 0 saturated heterocycles. The van der Waals surface area contributed by atoms with Crippen molar-refractivity contribution in [1.29, 1.82) is 0 Å². The van der Waals surface area contributed by atoms with E-state index >= 15 is 0 Å². The first-order chi connectivity index (χ1) is 15.6. The van der Waals surface area contributed by atoms with Crippen LogP contribution in [0.5, 0.6) is 0 Å². The summed E-state index contributed by atoms with van der Waals surface area (Å²) in [6, 6.07) is 21.6. The average Bonchev–Trinajstić information content (AvgIpc) is 3.27. The van der Waals surface area contributed by atoms with Crippen molar-refractivity contribution in [2.75, 3.05) is 5.75 Å². The van der Waals surface area contributed by atoms with Gasteiger partial charge in [-0.15, -0.1) is 10.2 Å². The lowest BCUT2D eigenvalue weighted by Gasteiger charge is -2.10. The number of rotatable bonds is 7. The number of carbonyl (C=O) groups is 1. The average molecular weight is 443 g/mol. The van der Waals surface area contributed by atoms with Gasteiger partial charge < -0.3 is 0 Å². The number of nitrogens with one attached hydrogen (secondary N) is 1. The lowest BCUT2D eigenvalue weighted by atomic mass is 10.1. The molecule has 160 valence electrons. The molecule has 0 spiro atoms. The quantitative estimate of drug-likeness (QED) is 0.262. The molecule has 0 bridgehead atoms. The van der Waals surface area contributed by atoms with Crippen molar-refractivity contribution in [3.05, 3.63) is 90.3 Å². The van der Waals surface area contributed by atoms with Gasteiger partial charge in [-0.1, -0.05) is 59.8 Å². The molecule has 0 aliphatic heterocycles. The number of pyridine rings is 1. The zero-order chi connectivity index (χ0) is 22.3. The lowest BCUT2D eigenvalue weighted by molar-refractivity contribution is -0.118. The molecule has 32 heavy (non-hydrogen) atoms. The Labute approximate surface area is 190 Å². The molecule has 2 heterocycles. The van der Waals surface area contributed by atoms with E-state index < -0.39 is 0 Å². The van der Waals surface area contributed by atoms with Gasteiger partial charge >= 0.3 is 0 Å². The van der Waals surface area contributed by atoms with Gasteiger partial charge in [-0.3, -0.25) is 14.3 Å². The van der Waals surface area contributed by atoms with Gasteiger partial charge in [-0.2, -0.15) is 5.10 Å². The molecule has 0 atom stereocenters. The molecule has 2 aromatic heterocycles. The van der Waals surface area contributed by atoms with Crippen LogP contribution in [0, 0.1) is 6.92 Å². The largest absolute Gasteiger partial charge is 0.272 e. The Morgan fingerprint density at radius 3 is 2.44 bits per heavy atom. The fourth-order valence-electron chi connectivity index (χ4n) is 3.03. The van der Waals surface area contributed by atoms with Crippen molar-refractivity contribution in [3.63, 3.8) is 0 Å². The summed E-state index contributed by atoms with van der Waals surface area (Å²) in [7, 11) is 0. The first-order valence-corrected chi connectivity index (χ1v) is 11.0. The van der Waals surface area contributed by atoms with Crippen LogP contribution in [0.2, 0.25) is 0 Å². The van der Waals surface area contributed by atoms with Crippen molar-refractivity contribution in [1.82, 2.24) is 25.2 Å². The van der Waals surface area contributed by atoms with Gasteiger partial charge in [0.05, 0.1) is 11.5 Å². The van der Waals surface area contributed by atoms with E-state index in [1.165, 1.54) is 11.8 Å². The van der Waals surface area contributed by atoms with Gasteiger partial charge in [0.1, 0.15) is 0 Å². The third-order valence-corrected chi connectivity index (χ3v) is 5.67. The number of hydrogen-bond acceptors (Lipinski definition) is 6. The number of hydrogen-bond donors (Lipinski definition) is 1. The lowest BCUT2D eigenvalue weighted by Crippen LogP contribution is -2.21. The zero-order valence-corrected chi connectivity index (χ0v) is 18.6. The van der Waals surface area contributed by atoms with E-state index in [1.54, 1.807) is 12.4 Å². The molecule has 1 amide bonds. The Morgan fingerprint density at radius 2 is 1.72 bits per heavy atom. The fourth-order valence-corrected chi connectivity index (χ4v) is 3.77. The minimum Gasteiger partial charge on any atom is -0.272 e. The Hall–Kier alpha value is -3.78. The highest BCUT2D eigenvalue weighted by Gasteiger charge is 2.17. The molecule has 0 fully saturated rings. The molecule has 4 rings (SSSR count). The highest BCUT2D eigenvalue weighted by Crippen LogP contribution is 2.27. The van der Waals surface area contributed by atoms with Crippen LogP contribution in [0.1, 0.15) is 18.1 Å². The van der Waals surface area contributed by atoms with Gasteiger partial charge in [0, 0.05) is 23.6 Å². The molecule has 1 N–H and O–H groups in total. The van der Waals surface area contributed by atoms with Crippen LogP contribution >= 0.6 is 11.8 Å². The van der Waals surface area contributed by atoms with Crippen LogP contribution in [-0.2, 0) is 4.79 Å². The topological polar surface area (TPSA) is 85.1 Å². The maximum atomic E-state index is 12.4. The van der Waals surface area contributed by atoms with E-state index in [9.17, 15) is 4.79 Å². The van der Waals surface area contributed by atoms with Gasteiger partial charge in [-0.25, -0.2) is 5.43 Å². The molecule has 4 aromatic rings. The third-order valence-electron chi connectivity index (χ3n) is 4.74. The highest BCUT2D eigenvalue weighted by atomic mass is 32.2. The smallest absolute Gasteiger partial charge is 0.250 e. The van der Waals surface area contributed by atoms with Gasteiger partial charge in [0.2, 0.25) is 0 Å². The molecular formula is C24H22N6OS. The van der Waals surface area contributed by atoms with Crippen LogP contribution in [0.25, 0.3) is 17.1 Å². The normalized spacial score (nSPS) is 11.4. The second-order valence-electron chi connectivity index (χ2n) is 7.10. The molecule has 0 aliphatic rings. The highest BCUT2D eigenvalue weighted by molar-refractivity contribution is 7.99. The molecule has 0 radical (unpaired) electrons. The number of aryl methyl sites for hydroxylation is 1. The predicted molar refractivity (Wildman–Crippen MR) is 127 cm³/mol. The summed E-state index contributed by atoms with van der Waals surface area (Å²) in [5, 5.41) is 13.6. The van der Waals surface area contributed by atoms with Crippen molar-refractivity contribution in [3.8, 4) is 17.1 Å². The standard InChI is InChI=1S/C24H22N6OS/c1-17-8-10-21(11-9-17)30-23(20-12-14-25-15-13-20)28-29-24(30)32-16-22(31)27-26-18(2)19-6-4-3-5-7-19/h3-15H,16H2,1-2H3,(H,27,31). The minimum atomic E-state index is -0.214. The second-order valence-corrected chi connectivity index (χ2v) is 8.04. The van der Waals surface area contributed by atoms with Gasteiger partial charge in [0.25, 0.3) is 5.91 Å². The van der Waals surface area contributed by atoms with Crippen LogP contribution < -0.4 is 5.43 Å². The van der Waals surface area contributed by atoms with Gasteiger partial charge in [-0.05, 0) is 43.7 Å². The van der Waals surface area contributed by atoms with Crippen molar-refractivity contribution in [2.24, 2.45) is 5.10 Å². The van der Waals surface area contributed by atoms with Crippen LogP contribution in [0.3, 0.4) is 0 Å². The summed E-state index contributed by atoms with van der Waals surface area (Å²) >= 11 is 1.31. The number of nitrogens with zero attached hydrogens (tertiary/aromatic N) is 5. The Balaban J connectivity index is 1.53. The Kier molecular flexibility index (Phi) is 6.72. The summed E-state index contributed by atoms with van der Waals surface area (Å²) < 4.78 is 1.95. The number of amides is 1. The van der Waals surface area contributed by atoms with E-state index in [0.29, 0.717) is 11.0 Å². The summed E-state index contributed by atoms with van der Waals surface area (Å²) in [5.74, 6) is 0.637. The van der Waals surface area contributed by atoms with E-state index in [1.807, 2.05) is 85.1 Å². The van der Waals surface area contributed by atoms with E-state index in [2.05, 4.69) is 25.7 Å². The molecule has 2 aromatic carbocycles. The SMILES string of the molecule is CC(=NNC(=O)CSc1nnc(-c2ccncc2)n1-c1ccc(C)cc1)c1ccccc1. The number of benzene rings is 2. The number of thioether (sulfide) groups is 1. The summed E-state index contributed by atoms with van der Waals surface area (Å²) in [6.45, 7) is 3.90. The zero-order valence-electron chi connectivity index (χ0n) is 17.8. The minimum absolute atomic E-state index is 0.159. The van der Waals surface area contributed by atoms with Crippen LogP contribution in [0.15, 0.2) is 89.4 Å². The molecule has 8 heteroatoms. The summed E-state index contributed by atoms with van der Waals surface area (Å²) in [5.41, 5.74) is 7.30. The monoisotopic (exact) mass is 442 g/mol. The Morgan fingerprint density at radius 1 is 1.00 bits per heavy atom. The summed E-state index contributed by atoms with van der Waals surface area (Å²) in [6.07, 6.45) is 3.44. The van der Waals surface area contributed by atoms with Crippen molar-refractivity contribution in [2.45, 2.75) is 19.0 Å². The first-order valence-electron chi connectivity index (χ1n) is 10.1. The van der Waals surface area contributed by atoms with Crippen molar-refractivity contribution >= 4 is 23.4 Å². The Bertz CT molecular complexity index is 1220. The number of aromatic nitrogens is 4. The van der Waals surface area contributed by atoms with E-state index in [0.717, 1.165) is 28.1 Å². The van der Waals surface area contributed by atoms with E-state index in [-0.39, 0.29) is 11.7 Å². The number of hydrazone groups is 1. The molecule has 7 nitrogen and oxygen atoms in total. The fraction of sp³-hybridized carbons (Fsp3) is 0.125. The predicted octanol–water partition coefficient (Wildman–Crippen LogP) is 4.27. The molecule has 0 unspecified atom stereocenters. The van der Waals surface area contributed by atoms with Crippen molar-refractivity contribution < 1.29 is 4.79 Å². The van der Waals surface area contributed by atoms with E-state index in [4.69, 9.17) is 0 Å². The molecule has 0 aliphatic carbocycles. The second kappa shape index (κ2) is 10.0. The van der Waals surface area contributed by atoms with Crippen LogP contribution in [-0.4, -0.2) is 37.1 Å². The molecular weight excluding hydrogens is 420 g/mol. The van der Waals surface area contributed by atoms with Crippen LogP contribution in [0.4, 0.5) is 0 Å². The van der Waals surface area contributed by atoms with Gasteiger partial charge in [0.15, 0.2) is 11.0 Å². The first kappa shape index (κ1) is 21.5. The maximum Gasteiger partial charge on any atom is 0.250 e. The molecule has 0 saturated carbocycles. The number of carbonyl (C=O) groups excluding carboxylic acids is 1.